The maximum Gasteiger partial charge on any atom is 0.337 e. The maximum atomic E-state index is 13.0. The predicted octanol–water partition coefficient (Wildman–Crippen LogP) is 5.05. The van der Waals surface area contributed by atoms with Crippen LogP contribution in [0.2, 0.25) is 0 Å². The van der Waals surface area contributed by atoms with Crippen molar-refractivity contribution in [2.24, 2.45) is 0 Å². The molecule has 2 N–H and O–H groups in total. The molecule has 0 spiro atoms. The number of esters is 1. The number of amides is 1. The quantitative estimate of drug-likeness (QED) is 0.216. The average molecular weight is 506 g/mol. The number of carbonyl (C=O) groups is 2. The maximum absolute atomic E-state index is 13.0. The Kier molecular flexibility index (Phi) is 6.70. The van der Waals surface area contributed by atoms with E-state index in [4.69, 9.17) is 4.74 Å². The monoisotopic (exact) mass is 505 g/mol. The zero-order chi connectivity index (χ0) is 24.4. The average Bonchev–Trinajstić information content (AvgIpc) is 3.31. The fraction of sp³-hybridized carbons (Fsp3) is 0.231. The number of rotatable bonds is 6. The van der Waals surface area contributed by atoms with E-state index in [1.165, 1.54) is 42.4 Å². The van der Waals surface area contributed by atoms with Gasteiger partial charge in [-0.3, -0.25) is 9.59 Å². The van der Waals surface area contributed by atoms with Crippen LogP contribution in [0.1, 0.15) is 34.3 Å². The molecule has 2 aromatic carbocycles. The van der Waals surface area contributed by atoms with Gasteiger partial charge in [0.1, 0.15) is 4.83 Å². The van der Waals surface area contributed by atoms with E-state index in [0.717, 1.165) is 35.7 Å². The highest BCUT2D eigenvalue weighted by atomic mass is 32.2. The van der Waals surface area contributed by atoms with Gasteiger partial charge in [0.05, 0.1) is 23.8 Å². The summed E-state index contributed by atoms with van der Waals surface area (Å²) >= 11 is 2.58. The standard InChI is InChI=1S/C26H23N3O4S2/c1-33-25(32)18-7-4-8-19(12-18)27-21(30)14-35-26-28-23(31)22-20(13-34-24(22)29-26)17-10-9-15-5-2-3-6-16(15)11-17/h4,7-13H,2-3,5-6,14H2,1H3,(H,27,30)(H,28,29,31). The normalized spacial score (nSPS) is 12.8. The molecular weight excluding hydrogens is 482 g/mol. The van der Waals surface area contributed by atoms with E-state index in [0.29, 0.717) is 26.6 Å². The Labute approximate surface area is 209 Å². The summed E-state index contributed by atoms with van der Waals surface area (Å²) < 4.78 is 4.71. The van der Waals surface area contributed by atoms with Crippen LogP contribution in [0.5, 0.6) is 0 Å². The number of ether oxygens (including phenoxy) is 1. The van der Waals surface area contributed by atoms with Crippen molar-refractivity contribution in [1.29, 1.82) is 0 Å². The van der Waals surface area contributed by atoms with Crippen molar-refractivity contribution in [2.45, 2.75) is 30.8 Å². The minimum atomic E-state index is -0.476. The molecule has 0 atom stereocenters. The van der Waals surface area contributed by atoms with E-state index in [2.05, 4.69) is 33.5 Å². The molecule has 2 heterocycles. The molecule has 1 aliphatic carbocycles. The van der Waals surface area contributed by atoms with Crippen molar-refractivity contribution in [2.75, 3.05) is 18.2 Å². The fourth-order valence-electron chi connectivity index (χ4n) is 4.28. The van der Waals surface area contributed by atoms with Gasteiger partial charge in [-0.1, -0.05) is 36.0 Å². The number of anilines is 1. The number of fused-ring (bicyclic) bond motifs is 2. The molecule has 1 amide bonds. The first kappa shape index (κ1) is 23.3. The van der Waals surface area contributed by atoms with Gasteiger partial charge in [0.2, 0.25) is 5.91 Å². The SMILES string of the molecule is COC(=O)c1cccc(NC(=O)CSc2nc3scc(-c4ccc5c(c4)CCCC5)c3c(=O)[nH]2)c1. The Morgan fingerprint density at radius 3 is 2.80 bits per heavy atom. The molecule has 35 heavy (non-hydrogen) atoms. The highest BCUT2D eigenvalue weighted by Gasteiger charge is 2.16. The number of H-pyrrole nitrogens is 1. The first-order valence-electron chi connectivity index (χ1n) is 11.3. The summed E-state index contributed by atoms with van der Waals surface area (Å²) in [5.74, 6) is -0.697. The van der Waals surface area contributed by atoms with Crippen LogP contribution < -0.4 is 10.9 Å². The third kappa shape index (κ3) is 5.01. The first-order chi connectivity index (χ1) is 17.0. The van der Waals surface area contributed by atoms with Crippen LogP contribution in [0.15, 0.2) is 57.8 Å². The van der Waals surface area contributed by atoms with Crippen LogP contribution >= 0.6 is 23.1 Å². The van der Waals surface area contributed by atoms with Crippen LogP contribution in [0.3, 0.4) is 0 Å². The first-order valence-corrected chi connectivity index (χ1v) is 13.1. The van der Waals surface area contributed by atoms with Gasteiger partial charge >= 0.3 is 5.97 Å². The third-order valence-electron chi connectivity index (χ3n) is 5.99. The predicted molar refractivity (Wildman–Crippen MR) is 139 cm³/mol. The van der Waals surface area contributed by atoms with Crippen LogP contribution in [-0.4, -0.2) is 34.7 Å². The Morgan fingerprint density at radius 2 is 1.97 bits per heavy atom. The molecule has 4 aromatic rings. The number of hydrogen-bond donors (Lipinski definition) is 2. The third-order valence-corrected chi connectivity index (χ3v) is 7.73. The molecule has 0 radical (unpaired) electrons. The van der Waals surface area contributed by atoms with Crippen molar-refractivity contribution in [3.8, 4) is 11.1 Å². The Balaban J connectivity index is 1.30. The number of methoxy groups -OCH3 is 1. The zero-order valence-corrected chi connectivity index (χ0v) is 20.7. The minimum Gasteiger partial charge on any atom is -0.465 e. The summed E-state index contributed by atoms with van der Waals surface area (Å²) in [5.41, 5.74) is 5.33. The zero-order valence-electron chi connectivity index (χ0n) is 19.1. The van der Waals surface area contributed by atoms with Crippen LogP contribution in [0.25, 0.3) is 21.3 Å². The molecule has 0 bridgehead atoms. The summed E-state index contributed by atoms with van der Waals surface area (Å²) in [6.07, 6.45) is 4.63. The number of thiophene rings is 1. The number of thioether (sulfide) groups is 1. The lowest BCUT2D eigenvalue weighted by Gasteiger charge is -2.16. The second-order valence-electron chi connectivity index (χ2n) is 8.30. The molecule has 7 nitrogen and oxygen atoms in total. The van der Waals surface area contributed by atoms with E-state index in [1.807, 2.05) is 5.38 Å². The smallest absolute Gasteiger partial charge is 0.337 e. The molecule has 178 valence electrons. The van der Waals surface area contributed by atoms with Gasteiger partial charge < -0.3 is 15.0 Å². The number of hydrogen-bond acceptors (Lipinski definition) is 7. The molecule has 0 fully saturated rings. The van der Waals surface area contributed by atoms with Crippen LogP contribution in [0.4, 0.5) is 5.69 Å². The Hall–Kier alpha value is -3.43. The van der Waals surface area contributed by atoms with Crippen LogP contribution in [-0.2, 0) is 22.4 Å². The van der Waals surface area contributed by atoms with Gasteiger partial charge in [0, 0.05) is 16.6 Å². The lowest BCUT2D eigenvalue weighted by molar-refractivity contribution is -0.113. The Morgan fingerprint density at radius 1 is 1.14 bits per heavy atom. The van der Waals surface area contributed by atoms with Crippen LogP contribution in [0, 0.1) is 0 Å². The van der Waals surface area contributed by atoms with Gasteiger partial charge in [-0.2, -0.15) is 0 Å². The number of carbonyl (C=O) groups excluding carboxylic acids is 2. The van der Waals surface area contributed by atoms with Crippen molar-refractivity contribution >= 4 is 50.9 Å². The lowest BCUT2D eigenvalue weighted by atomic mass is 9.89. The molecule has 1 aliphatic rings. The second kappa shape index (κ2) is 10.1. The molecule has 0 unspecified atom stereocenters. The Bertz CT molecular complexity index is 1490. The largest absolute Gasteiger partial charge is 0.465 e. The molecule has 2 aromatic heterocycles. The number of aromatic nitrogens is 2. The van der Waals surface area contributed by atoms with Crippen molar-refractivity contribution in [3.63, 3.8) is 0 Å². The molecule has 0 aliphatic heterocycles. The lowest BCUT2D eigenvalue weighted by Crippen LogP contribution is -2.16. The van der Waals surface area contributed by atoms with E-state index < -0.39 is 5.97 Å². The highest BCUT2D eigenvalue weighted by Crippen LogP contribution is 2.34. The van der Waals surface area contributed by atoms with Crippen molar-refractivity contribution in [3.05, 3.63) is 74.9 Å². The van der Waals surface area contributed by atoms with Gasteiger partial charge in [-0.15, -0.1) is 11.3 Å². The molecule has 0 saturated heterocycles. The summed E-state index contributed by atoms with van der Waals surface area (Å²) in [7, 11) is 1.30. The molecular formula is C26H23N3O4S2. The summed E-state index contributed by atoms with van der Waals surface area (Å²) in [6, 6.07) is 13.0. The number of aromatic amines is 1. The molecule has 0 saturated carbocycles. The van der Waals surface area contributed by atoms with E-state index in [1.54, 1.807) is 24.3 Å². The van der Waals surface area contributed by atoms with E-state index in [9.17, 15) is 14.4 Å². The van der Waals surface area contributed by atoms with Gasteiger partial charge in [0.15, 0.2) is 5.16 Å². The van der Waals surface area contributed by atoms with Gasteiger partial charge in [-0.25, -0.2) is 9.78 Å². The van der Waals surface area contributed by atoms with Crippen molar-refractivity contribution < 1.29 is 14.3 Å². The number of benzene rings is 2. The number of aryl methyl sites for hydroxylation is 2. The topological polar surface area (TPSA) is 101 Å². The summed E-state index contributed by atoms with van der Waals surface area (Å²) in [5, 5.41) is 5.70. The van der Waals surface area contributed by atoms with Crippen molar-refractivity contribution in [1.82, 2.24) is 9.97 Å². The van der Waals surface area contributed by atoms with Gasteiger partial charge in [0.25, 0.3) is 5.56 Å². The summed E-state index contributed by atoms with van der Waals surface area (Å²) in [4.78, 5) is 45.1. The minimum absolute atomic E-state index is 0.0555. The van der Waals surface area contributed by atoms with E-state index in [-0.39, 0.29) is 17.2 Å². The van der Waals surface area contributed by atoms with Gasteiger partial charge in [-0.05, 0) is 60.6 Å². The summed E-state index contributed by atoms with van der Waals surface area (Å²) in [6.45, 7) is 0. The number of nitrogens with zero attached hydrogens (tertiary/aromatic N) is 1. The fourth-order valence-corrected chi connectivity index (χ4v) is 5.95. The molecule has 5 rings (SSSR count). The second-order valence-corrected chi connectivity index (χ2v) is 10.1. The molecule has 9 heteroatoms. The number of nitrogens with one attached hydrogen (secondary N) is 2. The van der Waals surface area contributed by atoms with E-state index >= 15 is 0 Å². The highest BCUT2D eigenvalue weighted by molar-refractivity contribution is 7.99.